The predicted octanol–water partition coefficient (Wildman–Crippen LogP) is 4.51. The largest absolute Gasteiger partial charge is 0.497 e. The summed E-state index contributed by atoms with van der Waals surface area (Å²) in [6.45, 7) is 0. The van der Waals surface area contributed by atoms with Crippen LogP contribution in [0.15, 0.2) is 83.3 Å². The molecule has 0 aromatic heterocycles. The van der Waals surface area contributed by atoms with Crippen molar-refractivity contribution in [2.24, 2.45) is 5.92 Å². The monoisotopic (exact) mass is 478 g/mol. The molecule has 0 saturated carbocycles. The third kappa shape index (κ3) is 3.30. The summed E-state index contributed by atoms with van der Waals surface area (Å²) in [5.74, 6) is -0.551. The molecule has 0 unspecified atom stereocenters. The van der Waals surface area contributed by atoms with Crippen LogP contribution in [0.2, 0.25) is 0 Å². The molecular formula is C24H19BrN2O4. The fourth-order valence-electron chi connectivity index (χ4n) is 4.20. The molecule has 6 nitrogen and oxygen atoms in total. The predicted molar refractivity (Wildman–Crippen MR) is 120 cm³/mol. The van der Waals surface area contributed by atoms with E-state index >= 15 is 0 Å². The van der Waals surface area contributed by atoms with Crippen LogP contribution in [0.4, 0.5) is 11.4 Å². The van der Waals surface area contributed by atoms with Gasteiger partial charge in [0.15, 0.2) is 6.10 Å². The first-order chi connectivity index (χ1) is 15.1. The molecule has 7 heteroatoms. The molecule has 0 bridgehead atoms. The zero-order valence-corrected chi connectivity index (χ0v) is 18.2. The van der Waals surface area contributed by atoms with Gasteiger partial charge < -0.3 is 4.74 Å². The second-order valence-electron chi connectivity index (χ2n) is 7.42. The number of carbonyl (C=O) groups is 2. The van der Waals surface area contributed by atoms with E-state index in [2.05, 4.69) is 15.9 Å². The molecule has 0 spiro atoms. The van der Waals surface area contributed by atoms with Crippen molar-refractivity contribution in [2.45, 2.75) is 12.1 Å². The summed E-state index contributed by atoms with van der Waals surface area (Å²) in [6.07, 6.45) is -0.886. The fourth-order valence-corrected chi connectivity index (χ4v) is 4.47. The van der Waals surface area contributed by atoms with Crippen LogP contribution in [0, 0.1) is 5.92 Å². The number of amides is 2. The van der Waals surface area contributed by atoms with Crippen molar-refractivity contribution in [1.82, 2.24) is 0 Å². The highest BCUT2D eigenvalue weighted by Crippen LogP contribution is 2.47. The van der Waals surface area contributed by atoms with Crippen LogP contribution in [0.25, 0.3) is 0 Å². The van der Waals surface area contributed by atoms with Crippen molar-refractivity contribution in [3.8, 4) is 5.75 Å². The number of hydroxylamine groups is 1. The third-order valence-corrected chi connectivity index (χ3v) is 6.20. The van der Waals surface area contributed by atoms with E-state index < -0.39 is 18.1 Å². The highest BCUT2D eigenvalue weighted by atomic mass is 79.9. The molecule has 0 N–H and O–H groups in total. The zero-order valence-electron chi connectivity index (χ0n) is 16.6. The molecule has 3 atom stereocenters. The zero-order chi connectivity index (χ0) is 21.5. The molecule has 0 radical (unpaired) electrons. The number of rotatable bonds is 4. The first-order valence-corrected chi connectivity index (χ1v) is 10.7. The number of anilines is 2. The molecule has 3 aromatic rings. The van der Waals surface area contributed by atoms with Crippen molar-refractivity contribution in [3.05, 3.63) is 88.9 Å². The first-order valence-electron chi connectivity index (χ1n) is 9.87. The van der Waals surface area contributed by atoms with Gasteiger partial charge in [-0.15, -0.1) is 0 Å². The Balaban J connectivity index is 1.55. The molecule has 2 saturated heterocycles. The summed E-state index contributed by atoms with van der Waals surface area (Å²) in [5.41, 5.74) is 2.20. The van der Waals surface area contributed by atoms with Crippen molar-refractivity contribution in [3.63, 3.8) is 0 Å². The molecule has 0 aliphatic carbocycles. The average Bonchev–Trinajstić information content (AvgIpc) is 3.31. The SMILES string of the molecule is COc1ccc(N2O[C@@H]3C(=O)N(c4ccc(Br)cc4)C(=O)[C@@H]3[C@H]2c2ccccc2)cc1. The molecule has 2 heterocycles. The number of hydrogen-bond acceptors (Lipinski definition) is 5. The molecule has 31 heavy (non-hydrogen) atoms. The van der Waals surface area contributed by atoms with Crippen LogP contribution >= 0.6 is 15.9 Å². The maximum Gasteiger partial charge on any atom is 0.266 e. The molecule has 2 fully saturated rings. The van der Waals surface area contributed by atoms with E-state index in [9.17, 15) is 9.59 Å². The van der Waals surface area contributed by atoms with E-state index in [1.807, 2.05) is 66.7 Å². The van der Waals surface area contributed by atoms with Crippen LogP contribution < -0.4 is 14.7 Å². The van der Waals surface area contributed by atoms with E-state index in [1.165, 1.54) is 4.90 Å². The quantitative estimate of drug-likeness (QED) is 0.516. The molecule has 2 amide bonds. The van der Waals surface area contributed by atoms with Crippen LogP contribution in [0.5, 0.6) is 5.75 Å². The second kappa shape index (κ2) is 7.83. The molecular weight excluding hydrogens is 460 g/mol. The summed E-state index contributed by atoms with van der Waals surface area (Å²) < 4.78 is 6.12. The Morgan fingerprint density at radius 3 is 2.13 bits per heavy atom. The second-order valence-corrected chi connectivity index (χ2v) is 8.34. The number of nitrogens with zero attached hydrogens (tertiary/aromatic N) is 2. The standard InChI is InChI=1S/C24H19BrN2O4/c1-30-19-13-11-18(12-14-19)27-21(15-5-3-2-4-6-15)20-22(31-27)24(29)26(23(20)28)17-9-7-16(25)8-10-17/h2-14,20-22H,1H3/t20-,21-,22+/m1/s1. The van der Waals surface area contributed by atoms with Gasteiger partial charge in [-0.3, -0.25) is 14.4 Å². The van der Waals surface area contributed by atoms with Gasteiger partial charge in [0.1, 0.15) is 11.7 Å². The van der Waals surface area contributed by atoms with Crippen molar-refractivity contribution in [2.75, 3.05) is 17.1 Å². The highest BCUT2D eigenvalue weighted by Gasteiger charge is 2.60. The van der Waals surface area contributed by atoms with E-state index in [4.69, 9.17) is 9.57 Å². The minimum atomic E-state index is -0.886. The minimum absolute atomic E-state index is 0.262. The van der Waals surface area contributed by atoms with Crippen molar-refractivity contribution in [1.29, 1.82) is 0 Å². The van der Waals surface area contributed by atoms with E-state index in [0.29, 0.717) is 11.4 Å². The lowest BCUT2D eigenvalue weighted by Crippen LogP contribution is -2.37. The van der Waals surface area contributed by atoms with Gasteiger partial charge in [-0.05, 0) is 54.1 Å². The Morgan fingerprint density at radius 1 is 0.839 bits per heavy atom. The molecule has 2 aliphatic rings. The third-order valence-electron chi connectivity index (χ3n) is 5.67. The van der Waals surface area contributed by atoms with Gasteiger partial charge in [0.25, 0.3) is 5.91 Å². The van der Waals surface area contributed by atoms with Crippen LogP contribution in [-0.4, -0.2) is 25.0 Å². The van der Waals surface area contributed by atoms with E-state index in [-0.39, 0.29) is 11.8 Å². The topological polar surface area (TPSA) is 59.1 Å². The number of imide groups is 1. The molecule has 5 rings (SSSR count). The minimum Gasteiger partial charge on any atom is -0.497 e. The van der Waals surface area contributed by atoms with Crippen LogP contribution in [0.1, 0.15) is 11.6 Å². The summed E-state index contributed by atoms with van der Waals surface area (Å²) in [7, 11) is 1.60. The number of methoxy groups -OCH3 is 1. The lowest BCUT2D eigenvalue weighted by Gasteiger charge is -2.28. The Bertz CT molecular complexity index is 1120. The number of carbonyl (C=O) groups excluding carboxylic acids is 2. The lowest BCUT2D eigenvalue weighted by molar-refractivity contribution is -0.126. The van der Waals surface area contributed by atoms with Gasteiger partial charge in [-0.1, -0.05) is 46.3 Å². The molecule has 156 valence electrons. The van der Waals surface area contributed by atoms with Gasteiger partial charge in [-0.2, -0.15) is 0 Å². The Hall–Kier alpha value is -3.16. The fraction of sp³-hybridized carbons (Fsp3) is 0.167. The van der Waals surface area contributed by atoms with E-state index in [0.717, 1.165) is 15.7 Å². The maximum absolute atomic E-state index is 13.5. The van der Waals surface area contributed by atoms with Gasteiger partial charge in [0, 0.05) is 4.47 Å². The Labute approximate surface area is 188 Å². The smallest absolute Gasteiger partial charge is 0.266 e. The number of hydrogen-bond donors (Lipinski definition) is 0. The number of ether oxygens (including phenoxy) is 1. The van der Waals surface area contributed by atoms with Crippen molar-refractivity contribution < 1.29 is 19.2 Å². The number of fused-ring (bicyclic) bond motifs is 1. The van der Waals surface area contributed by atoms with E-state index in [1.54, 1.807) is 24.3 Å². The number of benzene rings is 3. The lowest BCUT2D eigenvalue weighted by atomic mass is 9.90. The summed E-state index contributed by atoms with van der Waals surface area (Å²) in [6, 6.07) is 23.7. The molecule has 3 aromatic carbocycles. The summed E-state index contributed by atoms with van der Waals surface area (Å²) in [5, 5.41) is 1.68. The van der Waals surface area contributed by atoms with Crippen LogP contribution in [-0.2, 0) is 14.4 Å². The average molecular weight is 479 g/mol. The highest BCUT2D eigenvalue weighted by molar-refractivity contribution is 9.10. The Morgan fingerprint density at radius 2 is 1.48 bits per heavy atom. The first kappa shape index (κ1) is 19.8. The summed E-state index contributed by atoms with van der Waals surface area (Å²) in [4.78, 5) is 34.1. The van der Waals surface area contributed by atoms with Gasteiger partial charge in [0.2, 0.25) is 5.91 Å². The molecule has 2 aliphatic heterocycles. The van der Waals surface area contributed by atoms with Gasteiger partial charge in [-0.25, -0.2) is 9.96 Å². The maximum atomic E-state index is 13.5. The summed E-state index contributed by atoms with van der Waals surface area (Å²) >= 11 is 3.39. The van der Waals surface area contributed by atoms with Crippen LogP contribution in [0.3, 0.4) is 0 Å². The Kier molecular flexibility index (Phi) is 5.00. The van der Waals surface area contributed by atoms with Gasteiger partial charge >= 0.3 is 0 Å². The normalized spacial score (nSPS) is 22.7. The van der Waals surface area contributed by atoms with Gasteiger partial charge in [0.05, 0.1) is 24.5 Å². The number of halogens is 1. The van der Waals surface area contributed by atoms with Crippen molar-refractivity contribution >= 4 is 39.1 Å².